The first-order valence-corrected chi connectivity index (χ1v) is 9.28. The summed E-state index contributed by atoms with van der Waals surface area (Å²) >= 11 is 0. The first kappa shape index (κ1) is 16.5. The molecule has 6 heteroatoms. The Labute approximate surface area is 162 Å². The van der Waals surface area contributed by atoms with Gasteiger partial charge < -0.3 is 9.47 Å². The number of amides is 1. The van der Waals surface area contributed by atoms with E-state index >= 15 is 0 Å². The number of benzene rings is 2. The SMILES string of the molecule is O=C(c1ccccc1-n1cnnc1)N1CCn2cccc2C1c1ccccc1. The van der Waals surface area contributed by atoms with E-state index in [0.29, 0.717) is 12.1 Å². The van der Waals surface area contributed by atoms with Crippen LogP contribution in [-0.2, 0) is 6.54 Å². The Morgan fingerprint density at radius 1 is 0.857 bits per heavy atom. The summed E-state index contributed by atoms with van der Waals surface area (Å²) < 4.78 is 4.00. The third-order valence-electron chi connectivity index (χ3n) is 5.25. The lowest BCUT2D eigenvalue weighted by atomic mass is 9.98. The smallest absolute Gasteiger partial charge is 0.256 e. The zero-order chi connectivity index (χ0) is 18.9. The van der Waals surface area contributed by atoms with Crippen LogP contribution in [0.3, 0.4) is 0 Å². The Kier molecular flexibility index (Phi) is 4.01. The summed E-state index contributed by atoms with van der Waals surface area (Å²) in [5.41, 5.74) is 3.67. The van der Waals surface area contributed by atoms with Gasteiger partial charge in [0, 0.05) is 25.0 Å². The molecule has 2 aromatic heterocycles. The van der Waals surface area contributed by atoms with E-state index in [2.05, 4.69) is 39.2 Å². The highest BCUT2D eigenvalue weighted by Crippen LogP contribution is 2.34. The molecule has 2 aromatic carbocycles. The largest absolute Gasteiger partial charge is 0.348 e. The second kappa shape index (κ2) is 6.81. The van der Waals surface area contributed by atoms with Crippen molar-refractivity contribution in [1.29, 1.82) is 0 Å². The maximum Gasteiger partial charge on any atom is 0.256 e. The number of carbonyl (C=O) groups is 1. The Morgan fingerprint density at radius 3 is 2.43 bits per heavy atom. The molecule has 0 spiro atoms. The van der Waals surface area contributed by atoms with Crippen LogP contribution in [0.15, 0.2) is 85.6 Å². The van der Waals surface area contributed by atoms with Crippen LogP contribution in [0, 0.1) is 0 Å². The molecule has 0 saturated carbocycles. The van der Waals surface area contributed by atoms with Crippen LogP contribution in [0.25, 0.3) is 5.69 Å². The predicted octanol–water partition coefficient (Wildman–Crippen LogP) is 3.31. The molecule has 28 heavy (non-hydrogen) atoms. The van der Waals surface area contributed by atoms with Gasteiger partial charge in [0.15, 0.2) is 0 Å². The van der Waals surface area contributed by atoms with E-state index in [1.54, 1.807) is 17.2 Å². The average molecular weight is 369 g/mol. The van der Waals surface area contributed by atoms with Gasteiger partial charge in [-0.2, -0.15) is 0 Å². The number of aromatic nitrogens is 4. The van der Waals surface area contributed by atoms with Crippen molar-refractivity contribution in [3.8, 4) is 5.69 Å². The van der Waals surface area contributed by atoms with Crippen LogP contribution in [0.1, 0.15) is 27.7 Å². The Morgan fingerprint density at radius 2 is 1.61 bits per heavy atom. The highest BCUT2D eigenvalue weighted by molar-refractivity contribution is 5.98. The van der Waals surface area contributed by atoms with Crippen molar-refractivity contribution in [2.24, 2.45) is 0 Å². The molecule has 0 bridgehead atoms. The summed E-state index contributed by atoms with van der Waals surface area (Å²) in [5, 5.41) is 7.76. The first-order valence-electron chi connectivity index (χ1n) is 9.28. The van der Waals surface area contributed by atoms with Crippen molar-refractivity contribution >= 4 is 5.91 Å². The number of rotatable bonds is 3. The summed E-state index contributed by atoms with van der Waals surface area (Å²) in [5.74, 6) is 0.00519. The molecule has 5 rings (SSSR count). The van der Waals surface area contributed by atoms with Crippen LogP contribution in [0.2, 0.25) is 0 Å². The minimum absolute atomic E-state index is 0.00519. The Hall–Kier alpha value is -3.67. The van der Waals surface area contributed by atoms with Gasteiger partial charge in [-0.3, -0.25) is 9.36 Å². The molecule has 0 fully saturated rings. The first-order chi connectivity index (χ1) is 13.8. The molecular weight excluding hydrogens is 350 g/mol. The fraction of sp³-hybridized carbons (Fsp3) is 0.136. The predicted molar refractivity (Wildman–Crippen MR) is 105 cm³/mol. The molecule has 1 aliphatic rings. The maximum atomic E-state index is 13.7. The topological polar surface area (TPSA) is 56.0 Å². The highest BCUT2D eigenvalue weighted by atomic mass is 16.2. The summed E-state index contributed by atoms with van der Waals surface area (Å²) in [6.45, 7) is 1.43. The fourth-order valence-electron chi connectivity index (χ4n) is 3.95. The number of hydrogen-bond donors (Lipinski definition) is 0. The minimum Gasteiger partial charge on any atom is -0.348 e. The van der Waals surface area contributed by atoms with E-state index in [1.165, 1.54) is 0 Å². The Balaban J connectivity index is 1.60. The van der Waals surface area contributed by atoms with Crippen molar-refractivity contribution in [2.45, 2.75) is 12.6 Å². The number of para-hydroxylation sites is 1. The van der Waals surface area contributed by atoms with E-state index in [4.69, 9.17) is 0 Å². The summed E-state index contributed by atoms with van der Waals surface area (Å²) in [4.78, 5) is 15.7. The molecule has 138 valence electrons. The molecule has 1 atom stereocenters. The van der Waals surface area contributed by atoms with Crippen molar-refractivity contribution in [3.05, 3.63) is 102 Å². The van der Waals surface area contributed by atoms with Gasteiger partial charge in [-0.05, 0) is 29.8 Å². The molecule has 4 aromatic rings. The van der Waals surface area contributed by atoms with Gasteiger partial charge in [-0.15, -0.1) is 10.2 Å². The Bertz CT molecular complexity index is 1100. The number of nitrogens with zero attached hydrogens (tertiary/aromatic N) is 5. The fourth-order valence-corrected chi connectivity index (χ4v) is 3.95. The summed E-state index contributed by atoms with van der Waals surface area (Å²) in [7, 11) is 0. The third-order valence-corrected chi connectivity index (χ3v) is 5.25. The zero-order valence-corrected chi connectivity index (χ0v) is 15.2. The van der Waals surface area contributed by atoms with Gasteiger partial charge >= 0.3 is 0 Å². The van der Waals surface area contributed by atoms with Crippen LogP contribution < -0.4 is 0 Å². The van der Waals surface area contributed by atoms with Gasteiger partial charge in [-0.25, -0.2) is 0 Å². The normalized spacial score (nSPS) is 16.0. The van der Waals surface area contributed by atoms with Gasteiger partial charge in [0.05, 0.1) is 17.3 Å². The second-order valence-corrected chi connectivity index (χ2v) is 6.82. The molecule has 1 aliphatic heterocycles. The summed E-state index contributed by atoms with van der Waals surface area (Å²) in [6.07, 6.45) is 5.31. The van der Waals surface area contributed by atoms with Crippen LogP contribution in [-0.4, -0.2) is 36.7 Å². The molecule has 0 aliphatic carbocycles. The van der Waals surface area contributed by atoms with Crippen molar-refractivity contribution < 1.29 is 4.79 Å². The van der Waals surface area contributed by atoms with Crippen molar-refractivity contribution in [3.63, 3.8) is 0 Å². The molecule has 6 nitrogen and oxygen atoms in total. The number of hydrogen-bond acceptors (Lipinski definition) is 3. The zero-order valence-electron chi connectivity index (χ0n) is 15.2. The van der Waals surface area contributed by atoms with E-state index in [0.717, 1.165) is 23.5 Å². The molecular formula is C22H19N5O. The highest BCUT2D eigenvalue weighted by Gasteiger charge is 2.33. The minimum atomic E-state index is -0.119. The number of fused-ring (bicyclic) bond motifs is 1. The van der Waals surface area contributed by atoms with E-state index in [1.807, 2.05) is 53.4 Å². The maximum absolute atomic E-state index is 13.7. The lowest BCUT2D eigenvalue weighted by Gasteiger charge is -2.37. The molecule has 1 unspecified atom stereocenters. The summed E-state index contributed by atoms with van der Waals surface area (Å²) in [6, 6.07) is 21.8. The van der Waals surface area contributed by atoms with Gasteiger partial charge in [0.2, 0.25) is 0 Å². The van der Waals surface area contributed by atoms with Crippen LogP contribution in [0.4, 0.5) is 0 Å². The van der Waals surface area contributed by atoms with Gasteiger partial charge in [-0.1, -0.05) is 42.5 Å². The number of carbonyl (C=O) groups excluding carboxylic acids is 1. The van der Waals surface area contributed by atoms with Gasteiger partial charge in [0.1, 0.15) is 12.7 Å². The molecule has 0 saturated heterocycles. The molecule has 0 radical (unpaired) electrons. The van der Waals surface area contributed by atoms with Crippen LogP contribution >= 0.6 is 0 Å². The lowest BCUT2D eigenvalue weighted by Crippen LogP contribution is -2.42. The molecule has 3 heterocycles. The monoisotopic (exact) mass is 369 g/mol. The van der Waals surface area contributed by atoms with E-state index in [9.17, 15) is 4.79 Å². The van der Waals surface area contributed by atoms with Crippen LogP contribution in [0.5, 0.6) is 0 Å². The molecule has 0 N–H and O–H groups in total. The molecule has 1 amide bonds. The average Bonchev–Trinajstić information content (AvgIpc) is 3.45. The van der Waals surface area contributed by atoms with Crippen molar-refractivity contribution in [1.82, 2.24) is 24.2 Å². The quantitative estimate of drug-likeness (QED) is 0.557. The van der Waals surface area contributed by atoms with Crippen molar-refractivity contribution in [2.75, 3.05) is 6.54 Å². The van der Waals surface area contributed by atoms with E-state index in [-0.39, 0.29) is 11.9 Å². The lowest BCUT2D eigenvalue weighted by molar-refractivity contribution is 0.0664. The van der Waals surface area contributed by atoms with E-state index < -0.39 is 0 Å². The second-order valence-electron chi connectivity index (χ2n) is 6.82. The standard InChI is InChI=1S/C22H19N5O/c28-22(18-9-4-5-10-19(18)26-15-23-24-16-26)27-14-13-25-12-6-11-20(25)21(27)17-7-2-1-3-8-17/h1-12,15-16,21H,13-14H2. The third kappa shape index (κ3) is 2.70. The van der Waals surface area contributed by atoms with Gasteiger partial charge in [0.25, 0.3) is 5.91 Å².